The van der Waals surface area contributed by atoms with Crippen molar-refractivity contribution in [3.8, 4) is 5.75 Å². The monoisotopic (exact) mass is 437 g/mol. The topological polar surface area (TPSA) is 105 Å². The van der Waals surface area contributed by atoms with Crippen molar-refractivity contribution in [2.45, 2.75) is 19.4 Å². The van der Waals surface area contributed by atoms with Crippen molar-refractivity contribution in [1.82, 2.24) is 4.41 Å². The van der Waals surface area contributed by atoms with E-state index < -0.39 is 26.1 Å². The molecule has 0 aliphatic carbocycles. The summed E-state index contributed by atoms with van der Waals surface area (Å²) in [4.78, 5) is 0. The number of benzene rings is 2. The summed E-state index contributed by atoms with van der Waals surface area (Å²) < 4.78 is 57.3. The zero-order valence-electron chi connectivity index (χ0n) is 16.4. The Bertz CT molecular complexity index is 1140. The second-order valence-corrected chi connectivity index (χ2v) is 10.3. The van der Waals surface area contributed by atoms with Gasteiger partial charge >= 0.3 is 0 Å². The highest BCUT2D eigenvalue weighted by Crippen LogP contribution is 2.37. The Labute approximate surface area is 171 Å². The molecule has 1 N–H and O–H groups in total. The van der Waals surface area contributed by atoms with Crippen molar-refractivity contribution in [3.63, 3.8) is 0 Å². The van der Waals surface area contributed by atoms with E-state index in [4.69, 9.17) is 4.74 Å². The normalized spacial score (nSPS) is 17.1. The largest absolute Gasteiger partial charge is 0.494 e. The van der Waals surface area contributed by atoms with Crippen LogP contribution in [0.1, 0.15) is 30.5 Å². The minimum Gasteiger partial charge on any atom is -0.494 e. The Morgan fingerprint density at radius 2 is 1.83 bits per heavy atom. The standard InChI is InChI=1S/C19H23N3O5S2/c1-4-27-15-9-7-8-14(12-15)19-13-18(20-22(19)29(3,25)26)16-10-5-6-11-17(16)21-28(2,23)24/h5-12,19,21H,4,13H2,1-3H3/t19-/m0/s1. The molecule has 0 saturated heterocycles. The number of para-hydroxylation sites is 1. The first-order chi connectivity index (χ1) is 13.6. The molecule has 10 heteroatoms. The number of rotatable bonds is 7. The average Bonchev–Trinajstić information content (AvgIpc) is 3.07. The zero-order chi connectivity index (χ0) is 21.2. The van der Waals surface area contributed by atoms with Gasteiger partial charge in [-0.05, 0) is 30.7 Å². The van der Waals surface area contributed by atoms with Gasteiger partial charge < -0.3 is 4.74 Å². The van der Waals surface area contributed by atoms with E-state index in [1.54, 1.807) is 42.5 Å². The molecule has 1 heterocycles. The third-order valence-corrected chi connectivity index (χ3v) is 5.91. The summed E-state index contributed by atoms with van der Waals surface area (Å²) in [5.74, 6) is 0.644. The Morgan fingerprint density at radius 1 is 1.10 bits per heavy atom. The van der Waals surface area contributed by atoms with Crippen LogP contribution >= 0.6 is 0 Å². The van der Waals surface area contributed by atoms with Crippen LogP contribution in [-0.4, -0.2) is 46.1 Å². The van der Waals surface area contributed by atoms with Gasteiger partial charge in [0.25, 0.3) is 0 Å². The first kappa shape index (κ1) is 21.1. The lowest BCUT2D eigenvalue weighted by atomic mass is 9.98. The molecular weight excluding hydrogens is 414 g/mol. The lowest BCUT2D eigenvalue weighted by Gasteiger charge is -2.21. The predicted molar refractivity (Wildman–Crippen MR) is 113 cm³/mol. The van der Waals surface area contributed by atoms with E-state index in [0.29, 0.717) is 35.7 Å². The van der Waals surface area contributed by atoms with Crippen LogP contribution in [0.25, 0.3) is 0 Å². The number of hydrogen-bond donors (Lipinski definition) is 1. The number of nitrogens with zero attached hydrogens (tertiary/aromatic N) is 2. The van der Waals surface area contributed by atoms with Crippen LogP contribution < -0.4 is 9.46 Å². The minimum atomic E-state index is -3.65. The van der Waals surface area contributed by atoms with Gasteiger partial charge in [0.05, 0.1) is 36.6 Å². The van der Waals surface area contributed by atoms with Gasteiger partial charge in [-0.3, -0.25) is 4.72 Å². The lowest BCUT2D eigenvalue weighted by molar-refractivity contribution is 0.336. The van der Waals surface area contributed by atoms with Gasteiger partial charge in [-0.2, -0.15) is 9.52 Å². The molecule has 1 aliphatic heterocycles. The van der Waals surface area contributed by atoms with E-state index in [-0.39, 0.29) is 0 Å². The molecule has 0 saturated carbocycles. The van der Waals surface area contributed by atoms with Gasteiger partial charge in [-0.25, -0.2) is 16.8 Å². The molecule has 3 rings (SSSR count). The lowest BCUT2D eigenvalue weighted by Crippen LogP contribution is -2.25. The molecule has 2 aromatic rings. The maximum absolute atomic E-state index is 12.4. The Morgan fingerprint density at radius 3 is 2.48 bits per heavy atom. The molecule has 1 atom stereocenters. The summed E-state index contributed by atoms with van der Waals surface area (Å²) in [6, 6.07) is 13.5. The Kier molecular flexibility index (Phi) is 5.85. The highest BCUT2D eigenvalue weighted by molar-refractivity contribution is 7.92. The SMILES string of the molecule is CCOc1cccc([C@@H]2CC(c3ccccc3NS(C)(=O)=O)=NN2S(C)(=O)=O)c1. The molecule has 0 amide bonds. The summed E-state index contributed by atoms with van der Waals surface area (Å²) in [6.07, 6.45) is 2.45. The van der Waals surface area contributed by atoms with Crippen molar-refractivity contribution in [3.05, 3.63) is 59.7 Å². The molecule has 156 valence electrons. The zero-order valence-corrected chi connectivity index (χ0v) is 18.0. The van der Waals surface area contributed by atoms with E-state index in [0.717, 1.165) is 22.5 Å². The molecule has 0 fully saturated rings. The number of anilines is 1. The van der Waals surface area contributed by atoms with Crippen LogP contribution in [0.5, 0.6) is 5.75 Å². The quantitative estimate of drug-likeness (QED) is 0.717. The predicted octanol–water partition coefficient (Wildman–Crippen LogP) is 2.57. The van der Waals surface area contributed by atoms with Gasteiger partial charge in [0.2, 0.25) is 20.0 Å². The molecule has 29 heavy (non-hydrogen) atoms. The van der Waals surface area contributed by atoms with E-state index in [9.17, 15) is 16.8 Å². The molecule has 0 unspecified atom stereocenters. The van der Waals surface area contributed by atoms with Gasteiger partial charge in [0.1, 0.15) is 5.75 Å². The van der Waals surface area contributed by atoms with Crippen LogP contribution in [0.15, 0.2) is 53.6 Å². The molecule has 0 aromatic heterocycles. The van der Waals surface area contributed by atoms with Crippen molar-refractivity contribution in [2.75, 3.05) is 23.8 Å². The highest BCUT2D eigenvalue weighted by Gasteiger charge is 2.35. The third kappa shape index (κ3) is 5.07. The molecule has 0 bridgehead atoms. The summed E-state index contributed by atoms with van der Waals surface area (Å²) in [5.41, 5.74) is 2.11. The number of hydrazone groups is 1. The van der Waals surface area contributed by atoms with Crippen LogP contribution in [0, 0.1) is 0 Å². The van der Waals surface area contributed by atoms with Crippen LogP contribution in [0.3, 0.4) is 0 Å². The van der Waals surface area contributed by atoms with Gasteiger partial charge in [0.15, 0.2) is 0 Å². The Balaban J connectivity index is 2.03. The number of hydrogen-bond acceptors (Lipinski definition) is 6. The first-order valence-corrected chi connectivity index (χ1v) is 12.7. The molecule has 0 spiro atoms. The summed E-state index contributed by atoms with van der Waals surface area (Å²) >= 11 is 0. The van der Waals surface area contributed by atoms with Crippen LogP contribution in [-0.2, 0) is 20.0 Å². The summed E-state index contributed by atoms with van der Waals surface area (Å²) in [6.45, 7) is 2.37. The molecule has 2 aromatic carbocycles. The van der Waals surface area contributed by atoms with E-state index >= 15 is 0 Å². The molecule has 0 radical (unpaired) electrons. The van der Waals surface area contributed by atoms with Crippen molar-refractivity contribution in [1.29, 1.82) is 0 Å². The average molecular weight is 438 g/mol. The minimum absolute atomic E-state index is 0.297. The second-order valence-electron chi connectivity index (χ2n) is 6.73. The molecule has 8 nitrogen and oxygen atoms in total. The van der Waals surface area contributed by atoms with E-state index in [1.807, 2.05) is 13.0 Å². The van der Waals surface area contributed by atoms with E-state index in [2.05, 4.69) is 9.82 Å². The molecular formula is C19H23N3O5S2. The highest BCUT2D eigenvalue weighted by atomic mass is 32.2. The summed E-state index contributed by atoms with van der Waals surface area (Å²) in [5, 5.41) is 4.34. The number of nitrogens with one attached hydrogen (secondary N) is 1. The number of sulfonamides is 2. The fourth-order valence-electron chi connectivity index (χ4n) is 3.21. The van der Waals surface area contributed by atoms with Gasteiger partial charge in [0, 0.05) is 12.0 Å². The maximum atomic E-state index is 12.4. The van der Waals surface area contributed by atoms with Gasteiger partial charge in [-0.1, -0.05) is 30.3 Å². The van der Waals surface area contributed by atoms with Crippen molar-refractivity contribution >= 4 is 31.4 Å². The van der Waals surface area contributed by atoms with Crippen LogP contribution in [0.2, 0.25) is 0 Å². The maximum Gasteiger partial charge on any atom is 0.247 e. The van der Waals surface area contributed by atoms with Gasteiger partial charge in [-0.15, -0.1) is 0 Å². The number of ether oxygens (including phenoxy) is 1. The van der Waals surface area contributed by atoms with Crippen molar-refractivity contribution < 1.29 is 21.6 Å². The summed E-state index contributed by atoms with van der Waals surface area (Å²) in [7, 11) is -7.15. The molecule has 1 aliphatic rings. The fourth-order valence-corrected chi connectivity index (χ4v) is 4.69. The fraction of sp³-hybridized carbons (Fsp3) is 0.316. The van der Waals surface area contributed by atoms with Crippen molar-refractivity contribution in [2.24, 2.45) is 5.10 Å². The van der Waals surface area contributed by atoms with Crippen LogP contribution in [0.4, 0.5) is 5.69 Å². The smallest absolute Gasteiger partial charge is 0.247 e. The van der Waals surface area contributed by atoms with E-state index in [1.165, 1.54) is 0 Å². The second kappa shape index (κ2) is 8.03. The first-order valence-electron chi connectivity index (χ1n) is 8.95. The Hall–Kier alpha value is -2.59. The third-order valence-electron chi connectivity index (χ3n) is 4.30.